The van der Waals surface area contributed by atoms with Crippen LogP contribution in [0.25, 0.3) is 0 Å². The van der Waals surface area contributed by atoms with Crippen molar-refractivity contribution in [2.75, 3.05) is 6.61 Å². The lowest BCUT2D eigenvalue weighted by Gasteiger charge is -2.39. The van der Waals surface area contributed by atoms with Gasteiger partial charge in [0.2, 0.25) is 0 Å². The van der Waals surface area contributed by atoms with Crippen LogP contribution in [0.1, 0.15) is 34.6 Å². The Bertz CT molecular complexity index is 380. The van der Waals surface area contributed by atoms with Gasteiger partial charge in [-0.25, -0.2) is 4.79 Å². The number of rotatable bonds is 7. The van der Waals surface area contributed by atoms with Crippen molar-refractivity contribution < 1.29 is 19.1 Å². The third-order valence-electron chi connectivity index (χ3n) is 3.67. The van der Waals surface area contributed by atoms with E-state index < -0.39 is 26.5 Å². The summed E-state index contributed by atoms with van der Waals surface area (Å²) in [6.45, 7) is 14.6. The Balaban J connectivity index is 4.95. The first-order valence-electron chi connectivity index (χ1n) is 7.38. The Morgan fingerprint density at radius 2 is 1.86 bits per heavy atom. The fourth-order valence-corrected chi connectivity index (χ4v) is 2.66. The topological polar surface area (TPSA) is 55.8 Å². The molecule has 0 aromatic heterocycles. The van der Waals surface area contributed by atoms with Gasteiger partial charge in [0, 0.05) is 6.08 Å². The molecule has 2 atom stereocenters. The molecule has 0 aliphatic rings. The summed E-state index contributed by atoms with van der Waals surface area (Å²) < 4.78 is 11.0. The summed E-state index contributed by atoms with van der Waals surface area (Å²) in [7, 11) is -2.00. The molecule has 0 spiro atoms. The number of ether oxygens (including phenoxy) is 1. The number of hydrogen-bond acceptors (Lipinski definition) is 4. The summed E-state index contributed by atoms with van der Waals surface area (Å²) in [5.41, 5.74) is 0. The maximum absolute atomic E-state index is 11.3. The molecule has 0 aliphatic carbocycles. The molecular formula is C16H30O4Si. The molecule has 0 radical (unpaired) electrons. The van der Waals surface area contributed by atoms with Crippen LogP contribution in [0.5, 0.6) is 0 Å². The van der Waals surface area contributed by atoms with Gasteiger partial charge in [-0.3, -0.25) is 0 Å². The van der Waals surface area contributed by atoms with Gasteiger partial charge in [-0.05, 0) is 38.1 Å². The smallest absolute Gasteiger partial charge is 0.330 e. The van der Waals surface area contributed by atoms with Gasteiger partial charge in [0.05, 0.1) is 12.7 Å². The quantitative estimate of drug-likeness (QED) is 0.338. The maximum Gasteiger partial charge on any atom is 0.330 e. The zero-order valence-electron chi connectivity index (χ0n) is 14.3. The van der Waals surface area contributed by atoms with Gasteiger partial charge in [0.1, 0.15) is 6.10 Å². The van der Waals surface area contributed by atoms with Crippen molar-refractivity contribution in [2.45, 2.75) is 65.0 Å². The molecule has 0 aliphatic heterocycles. The Kier molecular flexibility index (Phi) is 8.14. The molecule has 0 aromatic carbocycles. The Morgan fingerprint density at radius 3 is 2.29 bits per heavy atom. The number of carbonyl (C=O) groups is 1. The molecule has 0 aromatic rings. The molecule has 0 saturated heterocycles. The average molecular weight is 314 g/mol. The molecule has 0 saturated carbocycles. The number of aliphatic hydroxyl groups excluding tert-OH is 1. The Labute approximate surface area is 130 Å². The van der Waals surface area contributed by atoms with Crippen molar-refractivity contribution in [3.05, 3.63) is 24.3 Å². The summed E-state index contributed by atoms with van der Waals surface area (Å²) in [6, 6.07) is 0. The molecule has 0 heterocycles. The van der Waals surface area contributed by atoms with Gasteiger partial charge in [-0.15, -0.1) is 0 Å². The van der Waals surface area contributed by atoms with E-state index in [-0.39, 0.29) is 5.04 Å². The molecular weight excluding hydrogens is 284 g/mol. The minimum Gasteiger partial charge on any atom is -0.463 e. The zero-order valence-corrected chi connectivity index (χ0v) is 15.3. The lowest BCUT2D eigenvalue weighted by atomic mass is 10.2. The van der Waals surface area contributed by atoms with Crippen LogP contribution in [-0.2, 0) is 14.0 Å². The van der Waals surface area contributed by atoms with Crippen LogP contribution < -0.4 is 0 Å². The van der Waals surface area contributed by atoms with Gasteiger partial charge in [0.15, 0.2) is 8.32 Å². The second-order valence-corrected chi connectivity index (χ2v) is 11.2. The van der Waals surface area contributed by atoms with Crippen LogP contribution in [0.15, 0.2) is 24.3 Å². The van der Waals surface area contributed by atoms with E-state index in [1.807, 2.05) is 19.1 Å². The molecule has 0 bridgehead atoms. The summed E-state index contributed by atoms with van der Waals surface area (Å²) in [4.78, 5) is 11.3. The monoisotopic (exact) mass is 314 g/mol. The number of carbonyl (C=O) groups excluding carboxylic acids is 1. The lowest BCUT2D eigenvalue weighted by molar-refractivity contribution is -0.137. The van der Waals surface area contributed by atoms with Crippen molar-refractivity contribution in [3.8, 4) is 0 Å². The molecule has 122 valence electrons. The molecule has 0 rings (SSSR count). The fraction of sp³-hybridized carbons (Fsp3) is 0.688. The highest BCUT2D eigenvalue weighted by molar-refractivity contribution is 6.74. The van der Waals surface area contributed by atoms with E-state index >= 15 is 0 Å². The second kappa shape index (κ2) is 8.51. The largest absolute Gasteiger partial charge is 0.463 e. The SMILES string of the molecule is C/C=C/[C@H](O[Si](C)(C)C(C)(C)C)[C@@H](O)/C=C/C(=O)OCC. The first-order chi connectivity index (χ1) is 9.55. The molecule has 0 amide bonds. The number of aliphatic hydroxyl groups is 1. The van der Waals surface area contributed by atoms with Crippen LogP contribution >= 0.6 is 0 Å². The molecule has 4 nitrogen and oxygen atoms in total. The van der Waals surface area contributed by atoms with Crippen LogP contribution in [0.4, 0.5) is 0 Å². The maximum atomic E-state index is 11.3. The van der Waals surface area contributed by atoms with Crippen LogP contribution in [0.3, 0.4) is 0 Å². The predicted octanol–water partition coefficient (Wildman–Crippen LogP) is 3.43. The van der Waals surface area contributed by atoms with Crippen LogP contribution in [-0.4, -0.2) is 38.2 Å². The Hall–Kier alpha value is -0.913. The minimum absolute atomic E-state index is 0.0530. The third kappa shape index (κ3) is 7.06. The first-order valence-corrected chi connectivity index (χ1v) is 10.3. The van der Waals surface area contributed by atoms with E-state index in [9.17, 15) is 9.90 Å². The molecule has 0 unspecified atom stereocenters. The van der Waals surface area contributed by atoms with Gasteiger partial charge in [-0.2, -0.15) is 0 Å². The highest BCUT2D eigenvalue weighted by atomic mass is 28.4. The highest BCUT2D eigenvalue weighted by Crippen LogP contribution is 2.37. The molecule has 1 N–H and O–H groups in total. The lowest BCUT2D eigenvalue weighted by Crippen LogP contribution is -2.46. The van der Waals surface area contributed by atoms with E-state index in [0.29, 0.717) is 6.61 Å². The van der Waals surface area contributed by atoms with Gasteiger partial charge >= 0.3 is 5.97 Å². The van der Waals surface area contributed by atoms with E-state index in [4.69, 9.17) is 9.16 Å². The van der Waals surface area contributed by atoms with Crippen molar-refractivity contribution >= 4 is 14.3 Å². The van der Waals surface area contributed by atoms with Crippen LogP contribution in [0.2, 0.25) is 18.1 Å². The molecule has 5 heteroatoms. The van der Waals surface area contributed by atoms with E-state index in [2.05, 4.69) is 33.9 Å². The second-order valence-electron chi connectivity index (χ2n) is 6.47. The van der Waals surface area contributed by atoms with Gasteiger partial charge in [0.25, 0.3) is 0 Å². The highest BCUT2D eigenvalue weighted by Gasteiger charge is 2.39. The normalized spacial score (nSPS) is 16.4. The summed E-state index contributed by atoms with van der Waals surface area (Å²) in [6.07, 6.45) is 5.01. The molecule has 21 heavy (non-hydrogen) atoms. The predicted molar refractivity (Wildman–Crippen MR) is 88.7 cm³/mol. The van der Waals surface area contributed by atoms with Crippen molar-refractivity contribution in [1.82, 2.24) is 0 Å². The summed E-state index contributed by atoms with van der Waals surface area (Å²) in [5.74, 6) is -0.455. The van der Waals surface area contributed by atoms with E-state index in [1.165, 1.54) is 12.2 Å². The zero-order chi connectivity index (χ0) is 16.7. The van der Waals surface area contributed by atoms with Crippen LogP contribution in [0, 0.1) is 0 Å². The average Bonchev–Trinajstić information content (AvgIpc) is 2.34. The number of hydrogen-bond donors (Lipinski definition) is 1. The summed E-state index contributed by atoms with van der Waals surface area (Å²) in [5, 5.41) is 10.3. The van der Waals surface area contributed by atoms with Crippen molar-refractivity contribution in [2.24, 2.45) is 0 Å². The Morgan fingerprint density at radius 1 is 1.29 bits per heavy atom. The third-order valence-corrected chi connectivity index (χ3v) is 8.15. The van der Waals surface area contributed by atoms with Crippen molar-refractivity contribution in [3.63, 3.8) is 0 Å². The van der Waals surface area contributed by atoms with E-state index in [1.54, 1.807) is 6.92 Å². The number of esters is 1. The van der Waals surface area contributed by atoms with Gasteiger partial charge < -0.3 is 14.3 Å². The minimum atomic E-state index is -2.00. The first kappa shape index (κ1) is 20.1. The van der Waals surface area contributed by atoms with E-state index in [0.717, 1.165) is 0 Å². The van der Waals surface area contributed by atoms with Crippen molar-refractivity contribution in [1.29, 1.82) is 0 Å². The van der Waals surface area contributed by atoms with Gasteiger partial charge in [-0.1, -0.05) is 32.9 Å². The molecule has 0 fully saturated rings. The summed E-state index contributed by atoms with van der Waals surface area (Å²) >= 11 is 0. The number of allylic oxidation sites excluding steroid dienone is 1. The standard InChI is InChI=1S/C16H30O4Si/c1-8-10-14(20-21(6,7)16(3,4)5)13(17)11-12-15(18)19-9-2/h8,10-14,17H,9H2,1-7H3/b10-8+,12-11+/t13-,14-/m0/s1. The fourth-order valence-electron chi connectivity index (χ4n) is 1.41.